The van der Waals surface area contributed by atoms with E-state index >= 15 is 0 Å². The molecule has 2 aliphatic rings. The molecule has 0 bridgehead atoms. The van der Waals surface area contributed by atoms with Crippen molar-refractivity contribution < 1.29 is 0 Å². The van der Waals surface area contributed by atoms with Crippen molar-refractivity contribution in [3.8, 4) is 32.0 Å². The van der Waals surface area contributed by atoms with E-state index in [0.717, 1.165) is 0 Å². The topological polar surface area (TPSA) is 0 Å². The smallest absolute Gasteiger partial charge is 0.0521 e. The molecule has 0 saturated carbocycles. The van der Waals surface area contributed by atoms with Crippen LogP contribution in [0, 0.1) is 0 Å². The first-order valence-electron chi connectivity index (χ1n) is 11.3. The molecule has 4 aromatic rings. The van der Waals surface area contributed by atoms with Crippen molar-refractivity contribution in [1.29, 1.82) is 0 Å². The van der Waals surface area contributed by atoms with Crippen molar-refractivity contribution in [1.82, 2.24) is 0 Å². The molecule has 6 rings (SSSR count). The highest BCUT2D eigenvalue weighted by atomic mass is 32.1. The third-order valence-electron chi connectivity index (χ3n) is 6.83. The highest BCUT2D eigenvalue weighted by Crippen LogP contribution is 2.42. The summed E-state index contributed by atoms with van der Waals surface area (Å²) in [5.41, 5.74) is 11.8. The summed E-state index contributed by atoms with van der Waals surface area (Å²) in [6.45, 7) is 0. The second-order valence-electron chi connectivity index (χ2n) is 8.74. The van der Waals surface area contributed by atoms with Gasteiger partial charge in [-0.3, -0.25) is 0 Å². The summed E-state index contributed by atoms with van der Waals surface area (Å²) >= 11 is 3.76. The average Bonchev–Trinajstić information content (AvgIpc) is 3.48. The van der Waals surface area contributed by atoms with Gasteiger partial charge in [0.25, 0.3) is 0 Å². The molecular formula is C28H26S2. The van der Waals surface area contributed by atoms with Gasteiger partial charge >= 0.3 is 0 Å². The molecular weight excluding hydrogens is 400 g/mol. The number of aryl methyl sites for hydroxylation is 4. The highest BCUT2D eigenvalue weighted by Gasteiger charge is 2.16. The predicted molar refractivity (Wildman–Crippen MR) is 132 cm³/mol. The summed E-state index contributed by atoms with van der Waals surface area (Å²) in [5, 5.41) is 4.60. The molecule has 2 aromatic heterocycles. The van der Waals surface area contributed by atoms with Crippen molar-refractivity contribution in [3.05, 3.63) is 81.5 Å². The van der Waals surface area contributed by atoms with Gasteiger partial charge in [0.2, 0.25) is 0 Å². The van der Waals surface area contributed by atoms with Gasteiger partial charge in [0.15, 0.2) is 0 Å². The van der Waals surface area contributed by atoms with Crippen LogP contribution >= 0.6 is 22.7 Å². The molecule has 2 heteroatoms. The Balaban J connectivity index is 1.34. The van der Waals surface area contributed by atoms with Crippen LogP contribution in [0.25, 0.3) is 32.0 Å². The van der Waals surface area contributed by atoms with Crippen molar-refractivity contribution >= 4 is 22.7 Å². The van der Waals surface area contributed by atoms with Gasteiger partial charge in [-0.1, -0.05) is 36.4 Å². The summed E-state index contributed by atoms with van der Waals surface area (Å²) in [7, 11) is 0. The van der Waals surface area contributed by atoms with E-state index in [-0.39, 0.29) is 0 Å². The van der Waals surface area contributed by atoms with E-state index in [1.54, 1.807) is 22.3 Å². The molecule has 0 unspecified atom stereocenters. The third kappa shape index (κ3) is 3.36. The van der Waals surface area contributed by atoms with E-state index in [1.807, 2.05) is 22.7 Å². The summed E-state index contributed by atoms with van der Waals surface area (Å²) in [5.74, 6) is 0. The van der Waals surface area contributed by atoms with Crippen LogP contribution in [0.2, 0.25) is 0 Å². The number of fused-ring (bicyclic) bond motifs is 2. The van der Waals surface area contributed by atoms with Crippen LogP contribution in [0.1, 0.15) is 47.9 Å². The van der Waals surface area contributed by atoms with Gasteiger partial charge < -0.3 is 0 Å². The highest BCUT2D eigenvalue weighted by molar-refractivity contribution is 7.21. The lowest BCUT2D eigenvalue weighted by atomic mass is 9.89. The second-order valence-corrected chi connectivity index (χ2v) is 10.6. The maximum atomic E-state index is 2.46. The monoisotopic (exact) mass is 426 g/mol. The maximum absolute atomic E-state index is 2.46. The lowest BCUT2D eigenvalue weighted by Crippen LogP contribution is -2.02. The number of rotatable bonds is 3. The molecule has 0 aliphatic heterocycles. The molecule has 2 aromatic carbocycles. The van der Waals surface area contributed by atoms with Crippen LogP contribution in [-0.4, -0.2) is 0 Å². The van der Waals surface area contributed by atoms with Crippen molar-refractivity contribution in [3.63, 3.8) is 0 Å². The number of thiophene rings is 2. The minimum Gasteiger partial charge on any atom is -0.142 e. The molecule has 0 N–H and O–H groups in total. The van der Waals surface area contributed by atoms with Crippen molar-refractivity contribution in [2.75, 3.05) is 0 Å². The van der Waals surface area contributed by atoms with Crippen LogP contribution in [-0.2, 0) is 25.7 Å². The fourth-order valence-electron chi connectivity index (χ4n) is 5.15. The Hall–Kier alpha value is -2.16. The molecule has 0 atom stereocenters. The number of hydrogen-bond donors (Lipinski definition) is 0. The first-order chi connectivity index (χ1) is 14.8. The predicted octanol–water partition coefficient (Wildman–Crippen LogP) is 8.57. The molecule has 150 valence electrons. The first kappa shape index (κ1) is 18.6. The van der Waals surface area contributed by atoms with Gasteiger partial charge in [0, 0.05) is 10.4 Å². The largest absolute Gasteiger partial charge is 0.142 e. The average molecular weight is 427 g/mol. The minimum atomic E-state index is 1.24. The van der Waals surface area contributed by atoms with E-state index in [0.29, 0.717) is 0 Å². The molecule has 0 amide bonds. The molecule has 2 aliphatic carbocycles. The van der Waals surface area contributed by atoms with Crippen LogP contribution in [0.4, 0.5) is 0 Å². The quantitative estimate of drug-likeness (QED) is 0.308. The van der Waals surface area contributed by atoms with Crippen LogP contribution < -0.4 is 0 Å². The van der Waals surface area contributed by atoms with E-state index in [9.17, 15) is 0 Å². The van der Waals surface area contributed by atoms with Gasteiger partial charge in [0.1, 0.15) is 0 Å². The zero-order valence-electron chi connectivity index (χ0n) is 17.2. The Morgan fingerprint density at radius 2 is 1.17 bits per heavy atom. The molecule has 30 heavy (non-hydrogen) atoms. The van der Waals surface area contributed by atoms with Gasteiger partial charge in [-0.2, -0.15) is 0 Å². The normalized spacial score (nSPS) is 15.6. The summed E-state index contributed by atoms with van der Waals surface area (Å²) in [6, 6.07) is 19.0. The van der Waals surface area contributed by atoms with E-state index in [1.165, 1.54) is 83.4 Å². The Bertz CT molecular complexity index is 1210. The lowest BCUT2D eigenvalue weighted by molar-refractivity contribution is 0.686. The Morgan fingerprint density at radius 3 is 1.90 bits per heavy atom. The van der Waals surface area contributed by atoms with Gasteiger partial charge in [-0.15, -0.1) is 22.7 Å². The summed E-state index contributed by atoms with van der Waals surface area (Å²) in [6.07, 6.45) is 10.4. The molecule has 0 fully saturated rings. The molecule has 0 radical (unpaired) electrons. The fourth-order valence-corrected chi connectivity index (χ4v) is 7.13. The lowest BCUT2D eigenvalue weighted by Gasteiger charge is -2.16. The van der Waals surface area contributed by atoms with Crippen molar-refractivity contribution in [2.24, 2.45) is 0 Å². The van der Waals surface area contributed by atoms with Crippen LogP contribution in [0.3, 0.4) is 0 Å². The molecule has 0 spiro atoms. The van der Waals surface area contributed by atoms with E-state index < -0.39 is 0 Å². The molecule has 2 heterocycles. The summed E-state index contributed by atoms with van der Waals surface area (Å²) in [4.78, 5) is 2.81. The minimum absolute atomic E-state index is 1.24. The van der Waals surface area contributed by atoms with Gasteiger partial charge in [0.05, 0.1) is 4.88 Å². The first-order valence-corrected chi connectivity index (χ1v) is 13.0. The number of hydrogen-bond acceptors (Lipinski definition) is 2. The Morgan fingerprint density at radius 1 is 0.533 bits per heavy atom. The van der Waals surface area contributed by atoms with Gasteiger partial charge in [-0.05, 0) is 113 Å². The second kappa shape index (κ2) is 7.83. The summed E-state index contributed by atoms with van der Waals surface area (Å²) < 4.78 is 0. The van der Waals surface area contributed by atoms with Gasteiger partial charge in [-0.25, -0.2) is 0 Å². The zero-order chi connectivity index (χ0) is 19.9. The van der Waals surface area contributed by atoms with Crippen LogP contribution in [0.15, 0.2) is 59.3 Å². The number of benzene rings is 2. The SMILES string of the molecule is c1cc(-c2ccc3c(c2)CCCC3)c(-c2cc(-c3ccc4c(c3)CCCC4)cs2)s1. The Labute approximate surface area is 187 Å². The van der Waals surface area contributed by atoms with E-state index in [4.69, 9.17) is 0 Å². The van der Waals surface area contributed by atoms with Crippen LogP contribution in [0.5, 0.6) is 0 Å². The third-order valence-corrected chi connectivity index (χ3v) is 8.85. The molecule has 0 saturated heterocycles. The zero-order valence-corrected chi connectivity index (χ0v) is 18.9. The van der Waals surface area contributed by atoms with E-state index in [2.05, 4.69) is 59.3 Å². The fraction of sp³-hybridized carbons (Fsp3) is 0.286. The maximum Gasteiger partial charge on any atom is 0.0521 e. The van der Waals surface area contributed by atoms with Crippen molar-refractivity contribution in [2.45, 2.75) is 51.4 Å². The Kier molecular flexibility index (Phi) is 4.85. The molecule has 0 nitrogen and oxygen atoms in total. The standard InChI is InChI=1S/C28H26S2/c1-3-7-21-15-23(11-9-19(21)5-1)25-17-27(30-18-25)28-26(13-14-29-28)24-12-10-20-6-2-4-8-22(20)16-24/h9-18H,1-8H2.